The number of carbonyl (C=O) groups excluding carboxylic acids is 1. The summed E-state index contributed by atoms with van der Waals surface area (Å²) in [7, 11) is 0. The van der Waals surface area contributed by atoms with Crippen LogP contribution < -0.4 is 4.74 Å². The molecule has 0 radical (unpaired) electrons. The van der Waals surface area contributed by atoms with Gasteiger partial charge in [0.15, 0.2) is 5.78 Å². The fourth-order valence-corrected chi connectivity index (χ4v) is 2.68. The molecule has 0 fully saturated rings. The monoisotopic (exact) mass is 380 g/mol. The van der Waals surface area contributed by atoms with Gasteiger partial charge in [-0.1, -0.05) is 23.8 Å². The van der Waals surface area contributed by atoms with E-state index in [1.807, 2.05) is 57.2 Å². The predicted molar refractivity (Wildman–Crippen MR) is 89.7 cm³/mol. The molecule has 20 heavy (non-hydrogen) atoms. The number of rotatable bonds is 4. The van der Waals surface area contributed by atoms with E-state index in [0.29, 0.717) is 17.9 Å². The van der Waals surface area contributed by atoms with Crippen molar-refractivity contribution in [3.63, 3.8) is 0 Å². The summed E-state index contributed by atoms with van der Waals surface area (Å²) >= 11 is 2.23. The minimum absolute atomic E-state index is 0.0188. The van der Waals surface area contributed by atoms with Crippen molar-refractivity contribution < 1.29 is 9.53 Å². The van der Waals surface area contributed by atoms with Crippen LogP contribution in [0.15, 0.2) is 36.4 Å². The molecule has 0 saturated carbocycles. The number of halogens is 1. The number of hydrogen-bond acceptors (Lipinski definition) is 2. The third-order valence-electron chi connectivity index (χ3n) is 3.12. The molecule has 0 bridgehead atoms. The summed E-state index contributed by atoms with van der Waals surface area (Å²) < 4.78 is 6.58. The van der Waals surface area contributed by atoms with E-state index in [-0.39, 0.29) is 5.78 Å². The summed E-state index contributed by atoms with van der Waals surface area (Å²) in [6.07, 6.45) is 0. The van der Waals surface area contributed by atoms with Crippen LogP contribution in [0.25, 0.3) is 0 Å². The zero-order valence-corrected chi connectivity index (χ0v) is 14.0. The first-order valence-corrected chi connectivity index (χ1v) is 7.65. The smallest absolute Gasteiger partial charge is 0.197 e. The lowest BCUT2D eigenvalue weighted by Crippen LogP contribution is -2.08. The molecular formula is C17H17IO2. The summed E-state index contributed by atoms with van der Waals surface area (Å²) in [5, 5.41) is 0. The second-order valence-electron chi connectivity index (χ2n) is 4.70. The molecule has 2 rings (SSSR count). The fourth-order valence-electron chi connectivity index (χ4n) is 2.07. The average Bonchev–Trinajstić information content (AvgIpc) is 2.43. The van der Waals surface area contributed by atoms with E-state index in [0.717, 1.165) is 20.3 Å². The Balaban J connectivity index is 2.52. The minimum Gasteiger partial charge on any atom is -0.493 e. The second kappa shape index (κ2) is 6.39. The SMILES string of the molecule is CCOc1ccc(C)cc1C(=O)c1cccc(C)c1I. The highest BCUT2D eigenvalue weighted by atomic mass is 127. The first kappa shape index (κ1) is 15.0. The van der Waals surface area contributed by atoms with E-state index in [1.165, 1.54) is 0 Å². The van der Waals surface area contributed by atoms with Gasteiger partial charge in [-0.2, -0.15) is 0 Å². The molecule has 0 unspecified atom stereocenters. The number of hydrogen-bond donors (Lipinski definition) is 0. The van der Waals surface area contributed by atoms with Gasteiger partial charge in [-0.15, -0.1) is 0 Å². The number of aryl methyl sites for hydroxylation is 2. The highest BCUT2D eigenvalue weighted by Gasteiger charge is 2.18. The van der Waals surface area contributed by atoms with Crippen molar-refractivity contribution in [3.8, 4) is 5.75 Å². The van der Waals surface area contributed by atoms with E-state index in [4.69, 9.17) is 4.74 Å². The molecule has 0 aliphatic heterocycles. The summed E-state index contributed by atoms with van der Waals surface area (Å²) in [6, 6.07) is 11.5. The molecule has 0 spiro atoms. The zero-order valence-electron chi connectivity index (χ0n) is 11.9. The Kier molecular flexibility index (Phi) is 4.81. The molecule has 2 aromatic rings. The van der Waals surface area contributed by atoms with Crippen LogP contribution in [0.5, 0.6) is 5.75 Å². The third kappa shape index (κ3) is 3.03. The van der Waals surface area contributed by atoms with Crippen molar-refractivity contribution in [1.29, 1.82) is 0 Å². The van der Waals surface area contributed by atoms with Crippen LogP contribution in [-0.4, -0.2) is 12.4 Å². The van der Waals surface area contributed by atoms with Gasteiger partial charge in [-0.25, -0.2) is 0 Å². The molecule has 3 heteroatoms. The van der Waals surface area contributed by atoms with Gasteiger partial charge in [0.2, 0.25) is 0 Å². The molecular weight excluding hydrogens is 363 g/mol. The Hall–Kier alpha value is -1.36. The average molecular weight is 380 g/mol. The first-order valence-electron chi connectivity index (χ1n) is 6.58. The molecule has 0 aromatic heterocycles. The zero-order chi connectivity index (χ0) is 14.7. The van der Waals surface area contributed by atoms with Crippen molar-refractivity contribution >= 4 is 28.4 Å². The molecule has 0 heterocycles. The maximum Gasteiger partial charge on any atom is 0.197 e. The third-order valence-corrected chi connectivity index (χ3v) is 4.55. The van der Waals surface area contributed by atoms with E-state index < -0.39 is 0 Å². The quantitative estimate of drug-likeness (QED) is 0.575. The Morgan fingerprint density at radius 2 is 1.90 bits per heavy atom. The number of ketones is 1. The summed E-state index contributed by atoms with van der Waals surface area (Å²) in [5.74, 6) is 0.672. The number of carbonyl (C=O) groups is 1. The highest BCUT2D eigenvalue weighted by molar-refractivity contribution is 14.1. The number of benzene rings is 2. The van der Waals surface area contributed by atoms with Gasteiger partial charge in [-0.05, 0) is 67.1 Å². The molecule has 104 valence electrons. The fraction of sp³-hybridized carbons (Fsp3) is 0.235. The Labute approximate surface area is 133 Å². The first-order chi connectivity index (χ1) is 9.54. The van der Waals surface area contributed by atoms with E-state index in [2.05, 4.69) is 22.6 Å². The summed E-state index contributed by atoms with van der Waals surface area (Å²) in [6.45, 7) is 6.46. The molecule has 0 atom stereocenters. The van der Waals surface area contributed by atoms with E-state index in [9.17, 15) is 4.79 Å². The van der Waals surface area contributed by atoms with Gasteiger partial charge in [0.1, 0.15) is 5.75 Å². The van der Waals surface area contributed by atoms with Crippen LogP contribution in [0.3, 0.4) is 0 Å². The van der Waals surface area contributed by atoms with Crippen molar-refractivity contribution in [2.45, 2.75) is 20.8 Å². The Bertz CT molecular complexity index is 647. The lowest BCUT2D eigenvalue weighted by atomic mass is 9.99. The van der Waals surface area contributed by atoms with Crippen LogP contribution in [0, 0.1) is 17.4 Å². The van der Waals surface area contributed by atoms with Crippen LogP contribution in [0.4, 0.5) is 0 Å². The Morgan fingerprint density at radius 1 is 1.15 bits per heavy atom. The molecule has 0 aliphatic rings. The van der Waals surface area contributed by atoms with Gasteiger partial charge in [0, 0.05) is 9.13 Å². The lowest BCUT2D eigenvalue weighted by Gasteiger charge is -2.12. The predicted octanol–water partition coefficient (Wildman–Crippen LogP) is 4.54. The molecule has 0 saturated heterocycles. The molecule has 2 aromatic carbocycles. The topological polar surface area (TPSA) is 26.3 Å². The van der Waals surface area contributed by atoms with Crippen molar-refractivity contribution in [2.24, 2.45) is 0 Å². The standard InChI is InChI=1S/C17H17IO2/c1-4-20-15-9-8-11(2)10-14(15)17(19)13-7-5-6-12(3)16(13)18/h5-10H,4H2,1-3H3. The maximum absolute atomic E-state index is 12.8. The van der Waals surface area contributed by atoms with Crippen LogP contribution in [0.1, 0.15) is 34.0 Å². The van der Waals surface area contributed by atoms with Gasteiger partial charge in [0.25, 0.3) is 0 Å². The van der Waals surface area contributed by atoms with Crippen molar-refractivity contribution in [1.82, 2.24) is 0 Å². The van der Waals surface area contributed by atoms with Gasteiger partial charge >= 0.3 is 0 Å². The second-order valence-corrected chi connectivity index (χ2v) is 5.78. The largest absolute Gasteiger partial charge is 0.493 e. The molecule has 0 N–H and O–H groups in total. The van der Waals surface area contributed by atoms with Crippen molar-refractivity contribution in [2.75, 3.05) is 6.61 Å². The normalized spacial score (nSPS) is 10.4. The molecule has 0 aliphatic carbocycles. The minimum atomic E-state index is 0.0188. The summed E-state index contributed by atoms with van der Waals surface area (Å²) in [4.78, 5) is 12.8. The Morgan fingerprint density at radius 3 is 2.60 bits per heavy atom. The van der Waals surface area contributed by atoms with Crippen LogP contribution >= 0.6 is 22.6 Å². The van der Waals surface area contributed by atoms with E-state index in [1.54, 1.807) is 0 Å². The van der Waals surface area contributed by atoms with Gasteiger partial charge in [-0.3, -0.25) is 4.79 Å². The van der Waals surface area contributed by atoms with Crippen molar-refractivity contribution in [3.05, 3.63) is 62.2 Å². The molecule has 2 nitrogen and oxygen atoms in total. The van der Waals surface area contributed by atoms with Gasteiger partial charge < -0.3 is 4.74 Å². The number of ether oxygens (including phenoxy) is 1. The maximum atomic E-state index is 12.8. The summed E-state index contributed by atoms with van der Waals surface area (Å²) in [5.41, 5.74) is 3.54. The highest BCUT2D eigenvalue weighted by Crippen LogP contribution is 2.26. The lowest BCUT2D eigenvalue weighted by molar-refractivity contribution is 0.103. The van der Waals surface area contributed by atoms with Crippen LogP contribution in [0.2, 0.25) is 0 Å². The molecule has 0 amide bonds. The van der Waals surface area contributed by atoms with Gasteiger partial charge in [0.05, 0.1) is 12.2 Å². The van der Waals surface area contributed by atoms with E-state index >= 15 is 0 Å². The van der Waals surface area contributed by atoms with Crippen LogP contribution in [-0.2, 0) is 0 Å².